The van der Waals surface area contributed by atoms with Gasteiger partial charge in [0.25, 0.3) is 0 Å². The normalized spacial score (nSPS) is 11.9. The molecule has 0 bridgehead atoms. The molecule has 0 aliphatic heterocycles. The molecule has 1 heterocycles. The molecule has 1 atom stereocenters. The van der Waals surface area contributed by atoms with Crippen molar-refractivity contribution in [2.45, 2.75) is 6.92 Å². The lowest BCUT2D eigenvalue weighted by atomic mass is 10.2. The van der Waals surface area contributed by atoms with Crippen molar-refractivity contribution in [2.24, 2.45) is 5.92 Å². The fourth-order valence-corrected chi connectivity index (χ4v) is 1.35. The van der Waals surface area contributed by atoms with E-state index in [0.29, 0.717) is 18.2 Å². The first-order chi connectivity index (χ1) is 7.54. The first-order valence-electron chi connectivity index (χ1n) is 4.91. The Kier molecular flexibility index (Phi) is 4.04. The summed E-state index contributed by atoms with van der Waals surface area (Å²) in [6.07, 6.45) is 1.39. The van der Waals surface area contributed by atoms with Crippen LogP contribution in [0.5, 0.6) is 0 Å². The van der Waals surface area contributed by atoms with E-state index in [1.807, 2.05) is 11.9 Å². The Morgan fingerprint density at radius 1 is 1.62 bits per heavy atom. The van der Waals surface area contributed by atoms with Crippen LogP contribution in [0.2, 0.25) is 0 Å². The number of nitrogens with zero attached hydrogens (tertiary/aromatic N) is 3. The van der Waals surface area contributed by atoms with Crippen LogP contribution in [-0.2, 0) is 9.53 Å². The molecule has 6 heteroatoms. The molecule has 16 heavy (non-hydrogen) atoms. The van der Waals surface area contributed by atoms with Crippen LogP contribution in [0.3, 0.4) is 0 Å². The summed E-state index contributed by atoms with van der Waals surface area (Å²) in [5.41, 5.74) is 5.54. The lowest BCUT2D eigenvalue weighted by Gasteiger charge is -2.20. The second-order valence-electron chi connectivity index (χ2n) is 3.61. The Bertz CT molecular complexity index is 370. The number of carbonyl (C=O) groups is 1. The van der Waals surface area contributed by atoms with E-state index in [2.05, 4.69) is 14.7 Å². The van der Waals surface area contributed by atoms with Gasteiger partial charge in [0, 0.05) is 19.7 Å². The summed E-state index contributed by atoms with van der Waals surface area (Å²) in [5, 5.41) is 0. The van der Waals surface area contributed by atoms with E-state index in [4.69, 9.17) is 5.73 Å². The van der Waals surface area contributed by atoms with Crippen LogP contribution in [0, 0.1) is 5.92 Å². The minimum absolute atomic E-state index is 0.216. The van der Waals surface area contributed by atoms with Gasteiger partial charge in [0.2, 0.25) is 0 Å². The van der Waals surface area contributed by atoms with Crippen LogP contribution in [0.15, 0.2) is 12.4 Å². The van der Waals surface area contributed by atoms with Crippen molar-refractivity contribution in [3.05, 3.63) is 12.4 Å². The first-order valence-corrected chi connectivity index (χ1v) is 4.91. The number of hydrogen-bond acceptors (Lipinski definition) is 6. The van der Waals surface area contributed by atoms with E-state index in [1.54, 1.807) is 13.0 Å². The third-order valence-electron chi connectivity index (χ3n) is 2.22. The minimum atomic E-state index is -0.242. The molecule has 0 aliphatic rings. The van der Waals surface area contributed by atoms with Gasteiger partial charge in [-0.2, -0.15) is 0 Å². The van der Waals surface area contributed by atoms with Gasteiger partial charge in [-0.3, -0.25) is 4.79 Å². The Morgan fingerprint density at radius 3 is 2.88 bits per heavy atom. The maximum atomic E-state index is 11.2. The van der Waals surface area contributed by atoms with Crippen LogP contribution < -0.4 is 10.6 Å². The standard InChI is InChI=1S/C10H16N4O2/c1-7(10(15)16-3)5-14(2)9-4-8(11)12-6-13-9/h4,6-7H,5H2,1-3H3,(H2,11,12,13). The van der Waals surface area contributed by atoms with Gasteiger partial charge in [-0.1, -0.05) is 6.92 Å². The lowest BCUT2D eigenvalue weighted by molar-refractivity contribution is -0.144. The maximum Gasteiger partial charge on any atom is 0.310 e. The number of aromatic nitrogens is 2. The van der Waals surface area contributed by atoms with Gasteiger partial charge in [0.1, 0.15) is 18.0 Å². The van der Waals surface area contributed by atoms with Crippen molar-refractivity contribution in [3.63, 3.8) is 0 Å². The van der Waals surface area contributed by atoms with E-state index < -0.39 is 0 Å². The largest absolute Gasteiger partial charge is 0.469 e. The average Bonchev–Trinajstić information content (AvgIpc) is 2.27. The molecule has 1 rings (SSSR count). The molecule has 0 radical (unpaired) electrons. The van der Waals surface area contributed by atoms with Crippen LogP contribution in [0.4, 0.5) is 11.6 Å². The Labute approximate surface area is 94.4 Å². The van der Waals surface area contributed by atoms with Crippen LogP contribution >= 0.6 is 0 Å². The van der Waals surface area contributed by atoms with Crippen molar-refractivity contribution in [3.8, 4) is 0 Å². The molecule has 1 aromatic heterocycles. The molecule has 1 aromatic rings. The zero-order valence-electron chi connectivity index (χ0n) is 9.67. The molecule has 0 saturated heterocycles. The van der Waals surface area contributed by atoms with E-state index in [-0.39, 0.29) is 11.9 Å². The molecule has 0 fully saturated rings. The zero-order valence-corrected chi connectivity index (χ0v) is 9.67. The van der Waals surface area contributed by atoms with Crippen molar-refractivity contribution in [1.29, 1.82) is 0 Å². The van der Waals surface area contributed by atoms with Crippen molar-refractivity contribution >= 4 is 17.6 Å². The van der Waals surface area contributed by atoms with E-state index in [9.17, 15) is 4.79 Å². The number of rotatable bonds is 4. The molecule has 1 unspecified atom stereocenters. The second-order valence-corrected chi connectivity index (χ2v) is 3.61. The quantitative estimate of drug-likeness (QED) is 0.741. The molecule has 88 valence electrons. The van der Waals surface area contributed by atoms with Crippen LogP contribution in [0.1, 0.15) is 6.92 Å². The topological polar surface area (TPSA) is 81.3 Å². The molecule has 2 N–H and O–H groups in total. The molecular formula is C10H16N4O2. The molecule has 0 saturated carbocycles. The number of esters is 1. The summed E-state index contributed by atoms with van der Waals surface area (Å²) < 4.78 is 4.65. The van der Waals surface area contributed by atoms with Gasteiger partial charge in [-0.05, 0) is 0 Å². The van der Waals surface area contributed by atoms with Gasteiger partial charge in [0.05, 0.1) is 13.0 Å². The Balaban J connectivity index is 2.65. The number of ether oxygens (including phenoxy) is 1. The van der Waals surface area contributed by atoms with E-state index >= 15 is 0 Å². The summed E-state index contributed by atoms with van der Waals surface area (Å²) in [5.74, 6) is 0.630. The number of hydrogen-bond donors (Lipinski definition) is 1. The highest BCUT2D eigenvalue weighted by Gasteiger charge is 2.16. The maximum absolute atomic E-state index is 11.2. The van der Waals surface area contributed by atoms with Crippen molar-refractivity contribution in [2.75, 3.05) is 31.3 Å². The molecule has 0 amide bonds. The predicted octanol–water partition coefficient (Wildman–Crippen LogP) is 0.304. The number of methoxy groups -OCH3 is 1. The number of nitrogens with two attached hydrogens (primary N) is 1. The fraction of sp³-hybridized carbons (Fsp3) is 0.500. The first kappa shape index (κ1) is 12.2. The molecule has 0 aliphatic carbocycles. The molecule has 0 aromatic carbocycles. The fourth-order valence-electron chi connectivity index (χ4n) is 1.35. The third kappa shape index (κ3) is 3.08. The summed E-state index contributed by atoms with van der Waals surface area (Å²) >= 11 is 0. The number of nitrogen functional groups attached to an aromatic ring is 1. The average molecular weight is 224 g/mol. The Morgan fingerprint density at radius 2 is 2.31 bits per heavy atom. The van der Waals surface area contributed by atoms with Gasteiger partial charge >= 0.3 is 5.97 Å². The van der Waals surface area contributed by atoms with Gasteiger partial charge < -0.3 is 15.4 Å². The zero-order chi connectivity index (χ0) is 12.1. The van der Waals surface area contributed by atoms with Gasteiger partial charge in [0.15, 0.2) is 0 Å². The van der Waals surface area contributed by atoms with Crippen molar-refractivity contribution in [1.82, 2.24) is 9.97 Å². The van der Waals surface area contributed by atoms with Crippen LogP contribution in [0.25, 0.3) is 0 Å². The third-order valence-corrected chi connectivity index (χ3v) is 2.22. The predicted molar refractivity (Wildman–Crippen MR) is 60.9 cm³/mol. The SMILES string of the molecule is COC(=O)C(C)CN(C)c1cc(N)ncn1. The summed E-state index contributed by atoms with van der Waals surface area (Å²) in [6.45, 7) is 2.32. The monoisotopic (exact) mass is 224 g/mol. The number of carbonyl (C=O) groups excluding carboxylic acids is 1. The molecular weight excluding hydrogens is 208 g/mol. The second kappa shape index (κ2) is 5.29. The van der Waals surface area contributed by atoms with Crippen LogP contribution in [-0.4, -0.2) is 36.6 Å². The molecule has 6 nitrogen and oxygen atoms in total. The highest BCUT2D eigenvalue weighted by atomic mass is 16.5. The molecule has 0 spiro atoms. The number of anilines is 2. The van der Waals surface area contributed by atoms with E-state index in [1.165, 1.54) is 13.4 Å². The van der Waals surface area contributed by atoms with Gasteiger partial charge in [-0.25, -0.2) is 9.97 Å². The smallest absolute Gasteiger partial charge is 0.310 e. The van der Waals surface area contributed by atoms with Crippen molar-refractivity contribution < 1.29 is 9.53 Å². The minimum Gasteiger partial charge on any atom is -0.469 e. The highest BCUT2D eigenvalue weighted by Crippen LogP contribution is 2.12. The summed E-state index contributed by atoms with van der Waals surface area (Å²) in [6, 6.07) is 1.66. The highest BCUT2D eigenvalue weighted by molar-refractivity contribution is 5.72. The summed E-state index contributed by atoms with van der Waals surface area (Å²) in [7, 11) is 3.21. The Hall–Kier alpha value is -1.85. The van der Waals surface area contributed by atoms with Gasteiger partial charge in [-0.15, -0.1) is 0 Å². The van der Waals surface area contributed by atoms with E-state index in [0.717, 1.165) is 0 Å². The summed E-state index contributed by atoms with van der Waals surface area (Å²) in [4.78, 5) is 20.9. The lowest BCUT2D eigenvalue weighted by Crippen LogP contribution is -2.29.